The van der Waals surface area contributed by atoms with Crippen molar-refractivity contribution in [2.24, 2.45) is 0 Å². The summed E-state index contributed by atoms with van der Waals surface area (Å²) in [4.78, 5) is 0. The average molecular weight is 253 g/mol. The maximum absolute atomic E-state index is 11.9. The van der Waals surface area contributed by atoms with Crippen LogP contribution in [0.1, 0.15) is 36.7 Å². The van der Waals surface area contributed by atoms with Gasteiger partial charge in [-0.3, -0.25) is 4.68 Å². The molecule has 0 spiro atoms. The van der Waals surface area contributed by atoms with Crippen LogP contribution in [0.4, 0.5) is 4.39 Å². The maximum atomic E-state index is 11.9. The second-order valence-corrected chi connectivity index (χ2v) is 4.41. The Hall–Kier alpha value is -1.65. The fraction of sp³-hybridized carbons (Fsp3) is 0.538. The van der Waals surface area contributed by atoms with Crippen molar-refractivity contribution >= 4 is 0 Å². The summed E-state index contributed by atoms with van der Waals surface area (Å²) < 4.78 is 18.2. The SMILES string of the molecule is CC(C)c1ccnn1CCF.Cc1conc1C. The van der Waals surface area contributed by atoms with Crippen LogP contribution in [0.15, 0.2) is 23.0 Å². The minimum atomic E-state index is -0.346. The summed E-state index contributed by atoms with van der Waals surface area (Å²) in [6.07, 6.45) is 3.35. The van der Waals surface area contributed by atoms with Crippen LogP contribution >= 0.6 is 0 Å². The molecule has 2 heterocycles. The first-order chi connectivity index (χ1) is 8.56. The van der Waals surface area contributed by atoms with Crippen molar-refractivity contribution in [2.75, 3.05) is 6.67 Å². The van der Waals surface area contributed by atoms with Gasteiger partial charge in [-0.2, -0.15) is 5.10 Å². The van der Waals surface area contributed by atoms with Gasteiger partial charge in [-0.05, 0) is 25.8 Å². The van der Waals surface area contributed by atoms with Gasteiger partial charge in [0.1, 0.15) is 12.9 Å². The third kappa shape index (κ3) is 3.98. The minimum Gasteiger partial charge on any atom is -0.364 e. The first-order valence-electron chi connectivity index (χ1n) is 6.01. The van der Waals surface area contributed by atoms with Crippen molar-refractivity contribution in [1.29, 1.82) is 0 Å². The second-order valence-electron chi connectivity index (χ2n) is 4.41. The number of aryl methyl sites for hydroxylation is 3. The number of halogens is 1. The molecule has 2 aromatic heterocycles. The predicted octanol–water partition coefficient (Wildman–Crippen LogP) is 3.27. The van der Waals surface area contributed by atoms with Crippen LogP contribution < -0.4 is 0 Å². The third-order valence-corrected chi connectivity index (χ3v) is 2.63. The molecule has 0 saturated carbocycles. The Labute approximate surface area is 107 Å². The molecular weight excluding hydrogens is 233 g/mol. The van der Waals surface area contributed by atoms with Crippen LogP contribution in [-0.4, -0.2) is 21.6 Å². The average Bonchev–Trinajstić information content (AvgIpc) is 2.91. The molecule has 0 radical (unpaired) electrons. The lowest BCUT2D eigenvalue weighted by Crippen LogP contribution is -2.07. The van der Waals surface area contributed by atoms with E-state index in [0.717, 1.165) is 17.0 Å². The lowest BCUT2D eigenvalue weighted by Gasteiger charge is -2.07. The molecule has 18 heavy (non-hydrogen) atoms. The molecule has 0 unspecified atom stereocenters. The van der Waals surface area contributed by atoms with Crippen molar-refractivity contribution in [3.63, 3.8) is 0 Å². The van der Waals surface area contributed by atoms with Gasteiger partial charge in [0.05, 0.1) is 12.2 Å². The molecular formula is C13H20FN3O. The van der Waals surface area contributed by atoms with E-state index in [4.69, 9.17) is 0 Å². The number of hydrogen-bond donors (Lipinski definition) is 0. The molecule has 100 valence electrons. The lowest BCUT2D eigenvalue weighted by molar-refractivity contribution is 0.414. The van der Waals surface area contributed by atoms with E-state index in [-0.39, 0.29) is 6.67 Å². The monoisotopic (exact) mass is 253 g/mol. The smallest absolute Gasteiger partial charge is 0.126 e. The van der Waals surface area contributed by atoms with Crippen LogP contribution in [0.25, 0.3) is 0 Å². The van der Waals surface area contributed by atoms with Gasteiger partial charge in [-0.1, -0.05) is 19.0 Å². The zero-order valence-corrected chi connectivity index (χ0v) is 11.4. The predicted molar refractivity (Wildman–Crippen MR) is 68.3 cm³/mol. The highest BCUT2D eigenvalue weighted by molar-refractivity contribution is 5.08. The molecule has 0 bridgehead atoms. The van der Waals surface area contributed by atoms with Gasteiger partial charge in [-0.25, -0.2) is 4.39 Å². The summed E-state index contributed by atoms with van der Waals surface area (Å²) in [5.41, 5.74) is 3.18. The van der Waals surface area contributed by atoms with E-state index in [1.807, 2.05) is 19.9 Å². The van der Waals surface area contributed by atoms with Gasteiger partial charge >= 0.3 is 0 Å². The highest BCUT2D eigenvalue weighted by atomic mass is 19.1. The number of aromatic nitrogens is 3. The third-order valence-electron chi connectivity index (χ3n) is 2.63. The molecule has 5 heteroatoms. The van der Waals surface area contributed by atoms with E-state index in [1.165, 1.54) is 0 Å². The van der Waals surface area contributed by atoms with Crippen LogP contribution in [0.3, 0.4) is 0 Å². The fourth-order valence-electron chi connectivity index (χ4n) is 1.44. The Kier molecular flexibility index (Phi) is 5.55. The molecule has 2 aromatic rings. The van der Waals surface area contributed by atoms with Crippen molar-refractivity contribution in [2.45, 2.75) is 40.2 Å². The van der Waals surface area contributed by atoms with Gasteiger partial charge in [0.2, 0.25) is 0 Å². The van der Waals surface area contributed by atoms with E-state index in [2.05, 4.69) is 28.6 Å². The van der Waals surface area contributed by atoms with Crippen LogP contribution in [0.5, 0.6) is 0 Å². The molecule has 0 aliphatic carbocycles. The number of nitrogens with zero attached hydrogens (tertiary/aromatic N) is 3. The molecule has 0 atom stereocenters. The topological polar surface area (TPSA) is 43.9 Å². The Balaban J connectivity index is 0.000000199. The Morgan fingerprint density at radius 2 is 2.11 bits per heavy atom. The highest BCUT2D eigenvalue weighted by Crippen LogP contribution is 2.12. The van der Waals surface area contributed by atoms with Crippen LogP contribution in [0, 0.1) is 13.8 Å². The van der Waals surface area contributed by atoms with E-state index < -0.39 is 0 Å². The minimum absolute atomic E-state index is 0.346. The summed E-state index contributed by atoms with van der Waals surface area (Å²) in [6, 6.07) is 1.93. The van der Waals surface area contributed by atoms with Gasteiger partial charge in [0.15, 0.2) is 0 Å². The number of hydrogen-bond acceptors (Lipinski definition) is 3. The van der Waals surface area contributed by atoms with E-state index >= 15 is 0 Å². The Bertz CT molecular complexity index is 446. The molecule has 0 N–H and O–H groups in total. The number of rotatable bonds is 3. The molecule has 0 aromatic carbocycles. The summed E-state index contributed by atoms with van der Waals surface area (Å²) in [5.74, 6) is 0.420. The summed E-state index contributed by atoms with van der Waals surface area (Å²) >= 11 is 0. The van der Waals surface area contributed by atoms with Crippen LogP contribution in [-0.2, 0) is 6.54 Å². The largest absolute Gasteiger partial charge is 0.364 e. The molecule has 4 nitrogen and oxygen atoms in total. The molecule has 0 fully saturated rings. The second kappa shape index (κ2) is 6.93. The molecule has 0 aliphatic heterocycles. The van der Waals surface area contributed by atoms with E-state index in [1.54, 1.807) is 17.1 Å². The summed E-state index contributed by atoms with van der Waals surface area (Å²) in [7, 11) is 0. The maximum Gasteiger partial charge on any atom is 0.126 e. The van der Waals surface area contributed by atoms with Crippen LogP contribution in [0.2, 0.25) is 0 Å². The molecule has 0 amide bonds. The van der Waals surface area contributed by atoms with E-state index in [0.29, 0.717) is 12.5 Å². The van der Waals surface area contributed by atoms with Gasteiger partial charge in [-0.15, -0.1) is 0 Å². The molecule has 0 aliphatic rings. The van der Waals surface area contributed by atoms with Crippen molar-refractivity contribution < 1.29 is 8.91 Å². The summed E-state index contributed by atoms with van der Waals surface area (Å²) in [6.45, 7) is 8.06. The standard InChI is InChI=1S/C8H13FN2.C5H7NO/c1-7(2)8-3-5-10-11(8)6-4-9;1-4-3-7-6-5(4)2/h3,5,7H,4,6H2,1-2H3;3H,1-2H3. The summed E-state index contributed by atoms with van der Waals surface area (Å²) in [5, 5.41) is 7.65. The van der Waals surface area contributed by atoms with Gasteiger partial charge in [0.25, 0.3) is 0 Å². The normalized spacial score (nSPS) is 10.3. The zero-order valence-electron chi connectivity index (χ0n) is 11.4. The quantitative estimate of drug-likeness (QED) is 0.843. The van der Waals surface area contributed by atoms with Crippen molar-refractivity contribution in [3.05, 3.63) is 35.5 Å². The highest BCUT2D eigenvalue weighted by Gasteiger charge is 2.04. The lowest BCUT2D eigenvalue weighted by atomic mass is 10.1. The molecule has 2 rings (SSSR count). The van der Waals surface area contributed by atoms with Crippen molar-refractivity contribution in [3.8, 4) is 0 Å². The fourth-order valence-corrected chi connectivity index (χ4v) is 1.44. The Morgan fingerprint density at radius 1 is 1.39 bits per heavy atom. The number of alkyl halides is 1. The van der Waals surface area contributed by atoms with E-state index in [9.17, 15) is 4.39 Å². The van der Waals surface area contributed by atoms with Gasteiger partial charge < -0.3 is 4.52 Å². The first kappa shape index (κ1) is 14.4. The molecule has 0 saturated heterocycles. The van der Waals surface area contributed by atoms with Gasteiger partial charge in [0, 0.05) is 17.5 Å². The zero-order chi connectivity index (χ0) is 13.5. The Morgan fingerprint density at radius 3 is 2.50 bits per heavy atom. The van der Waals surface area contributed by atoms with Crippen molar-refractivity contribution in [1.82, 2.24) is 14.9 Å². The first-order valence-corrected chi connectivity index (χ1v) is 6.01.